The number of hydrogen-bond acceptors (Lipinski definition) is 5. The molecular formula is C18H23ClN4O2S. The lowest BCUT2D eigenvalue weighted by Gasteiger charge is -2.39. The number of benzene rings is 1. The number of methoxy groups -OCH3 is 1. The topological polar surface area (TPSA) is 71.1 Å². The summed E-state index contributed by atoms with van der Waals surface area (Å²) in [5, 5.41) is 8.24. The Kier molecular flexibility index (Phi) is 6.09. The number of thioether (sulfide) groups is 1. The fourth-order valence-electron chi connectivity index (χ4n) is 3.41. The Labute approximate surface area is 162 Å². The van der Waals surface area contributed by atoms with Gasteiger partial charge in [-0.3, -0.25) is 9.89 Å². The Morgan fingerprint density at radius 2 is 2.12 bits per heavy atom. The van der Waals surface area contributed by atoms with E-state index in [4.69, 9.17) is 16.3 Å². The second kappa shape index (κ2) is 8.31. The molecule has 2 unspecified atom stereocenters. The van der Waals surface area contributed by atoms with Crippen molar-refractivity contribution in [3.63, 3.8) is 0 Å². The summed E-state index contributed by atoms with van der Waals surface area (Å²) in [6.45, 7) is 4.24. The molecule has 0 spiro atoms. The van der Waals surface area contributed by atoms with E-state index in [1.54, 1.807) is 25.3 Å². The molecule has 3 rings (SSSR count). The van der Waals surface area contributed by atoms with Crippen molar-refractivity contribution in [1.29, 1.82) is 0 Å². The van der Waals surface area contributed by atoms with Gasteiger partial charge in [0.2, 0.25) is 11.1 Å². The zero-order chi connectivity index (χ0) is 18.7. The van der Waals surface area contributed by atoms with Crippen molar-refractivity contribution >= 4 is 29.3 Å². The van der Waals surface area contributed by atoms with Crippen molar-refractivity contribution in [3.8, 4) is 17.1 Å². The quantitative estimate of drug-likeness (QED) is 0.775. The van der Waals surface area contributed by atoms with Gasteiger partial charge in [0, 0.05) is 17.1 Å². The second-order valence-electron chi connectivity index (χ2n) is 6.53. The van der Waals surface area contributed by atoms with Crippen molar-refractivity contribution in [1.82, 2.24) is 20.1 Å². The maximum atomic E-state index is 12.6. The zero-order valence-corrected chi connectivity index (χ0v) is 16.7. The van der Waals surface area contributed by atoms with Crippen LogP contribution in [0.4, 0.5) is 0 Å². The lowest BCUT2D eigenvalue weighted by molar-refractivity contribution is -0.134. The van der Waals surface area contributed by atoms with E-state index in [0.717, 1.165) is 18.4 Å². The monoisotopic (exact) mass is 394 g/mol. The van der Waals surface area contributed by atoms with Gasteiger partial charge in [-0.15, -0.1) is 5.10 Å². The predicted octanol–water partition coefficient (Wildman–Crippen LogP) is 4.02. The number of H-pyrrole nitrogens is 1. The predicted molar refractivity (Wildman–Crippen MR) is 104 cm³/mol. The van der Waals surface area contributed by atoms with Gasteiger partial charge in [0.05, 0.1) is 18.4 Å². The molecule has 2 heterocycles. The molecule has 2 aromatic rings. The van der Waals surface area contributed by atoms with E-state index in [9.17, 15) is 4.79 Å². The summed E-state index contributed by atoms with van der Waals surface area (Å²) in [5.74, 6) is 1.70. The van der Waals surface area contributed by atoms with Crippen LogP contribution in [-0.4, -0.2) is 50.9 Å². The Hall–Kier alpha value is -1.73. The van der Waals surface area contributed by atoms with Gasteiger partial charge >= 0.3 is 0 Å². The number of aromatic nitrogens is 3. The number of nitrogens with zero attached hydrogens (tertiary/aromatic N) is 3. The number of likely N-dealkylation sites (tertiary alicyclic amines) is 1. The first-order valence-electron chi connectivity index (χ1n) is 8.70. The van der Waals surface area contributed by atoms with Crippen LogP contribution in [0, 0.1) is 0 Å². The number of ether oxygens (including phenoxy) is 1. The molecule has 0 saturated carbocycles. The van der Waals surface area contributed by atoms with E-state index in [1.807, 2.05) is 4.90 Å². The minimum Gasteiger partial charge on any atom is -0.496 e. The van der Waals surface area contributed by atoms with E-state index < -0.39 is 0 Å². The fraction of sp³-hybridized carbons (Fsp3) is 0.500. The molecule has 1 aromatic carbocycles. The number of halogens is 1. The molecule has 1 saturated heterocycles. The number of carbonyl (C=O) groups is 1. The van der Waals surface area contributed by atoms with Crippen LogP contribution in [0.2, 0.25) is 5.02 Å². The molecule has 1 amide bonds. The highest BCUT2D eigenvalue weighted by atomic mass is 35.5. The third-order valence-corrected chi connectivity index (χ3v) is 5.75. The maximum absolute atomic E-state index is 12.6. The van der Waals surface area contributed by atoms with Crippen molar-refractivity contribution in [2.75, 3.05) is 12.9 Å². The van der Waals surface area contributed by atoms with E-state index in [1.165, 1.54) is 18.2 Å². The molecule has 1 N–H and O–H groups in total. The standard InChI is InChI=1S/C18H23ClN4O2S/c1-11-5-4-6-12(2)23(11)16(24)10-26-18-20-17(21-22-18)14-9-13(19)7-8-15(14)25-3/h7-9,11-12H,4-6,10H2,1-3H3,(H,20,21,22). The third kappa shape index (κ3) is 4.15. The molecule has 0 bridgehead atoms. The lowest BCUT2D eigenvalue weighted by atomic mass is 9.98. The Bertz CT molecular complexity index is 772. The van der Waals surface area contributed by atoms with Gasteiger partial charge < -0.3 is 9.64 Å². The molecule has 6 nitrogen and oxygen atoms in total. The minimum absolute atomic E-state index is 0.140. The Morgan fingerprint density at radius 1 is 1.38 bits per heavy atom. The molecule has 0 aliphatic carbocycles. The minimum atomic E-state index is 0.140. The number of carbonyl (C=O) groups excluding carboxylic acids is 1. The first-order chi connectivity index (χ1) is 12.5. The first-order valence-corrected chi connectivity index (χ1v) is 10.1. The first kappa shape index (κ1) is 19.0. The summed E-state index contributed by atoms with van der Waals surface area (Å²) in [5.41, 5.74) is 0.740. The molecule has 8 heteroatoms. The molecular weight excluding hydrogens is 372 g/mol. The molecule has 1 aliphatic rings. The van der Waals surface area contributed by atoms with Gasteiger partial charge in [-0.05, 0) is 51.3 Å². The van der Waals surface area contributed by atoms with Gasteiger partial charge in [0.15, 0.2) is 5.82 Å². The van der Waals surface area contributed by atoms with Gasteiger partial charge in [-0.1, -0.05) is 23.4 Å². The molecule has 1 fully saturated rings. The number of nitrogens with one attached hydrogen (secondary N) is 1. The molecule has 140 valence electrons. The molecule has 1 aliphatic heterocycles. The van der Waals surface area contributed by atoms with Crippen LogP contribution in [0.1, 0.15) is 33.1 Å². The van der Waals surface area contributed by atoms with Crippen LogP contribution in [0.25, 0.3) is 11.4 Å². The van der Waals surface area contributed by atoms with E-state index in [0.29, 0.717) is 39.6 Å². The SMILES string of the molecule is COc1ccc(Cl)cc1-c1nc(SCC(=O)N2C(C)CCCC2C)n[nH]1. The van der Waals surface area contributed by atoms with Gasteiger partial charge in [0.25, 0.3) is 0 Å². The third-order valence-electron chi connectivity index (χ3n) is 4.69. The smallest absolute Gasteiger partial charge is 0.233 e. The van der Waals surface area contributed by atoms with E-state index in [-0.39, 0.29) is 5.91 Å². The number of rotatable bonds is 5. The normalized spacial score (nSPS) is 20.2. The lowest BCUT2D eigenvalue weighted by Crippen LogP contribution is -2.48. The van der Waals surface area contributed by atoms with Crippen LogP contribution in [0.15, 0.2) is 23.4 Å². The van der Waals surface area contributed by atoms with Crippen molar-refractivity contribution in [2.24, 2.45) is 0 Å². The maximum Gasteiger partial charge on any atom is 0.233 e. The van der Waals surface area contributed by atoms with Crippen LogP contribution in [-0.2, 0) is 4.79 Å². The van der Waals surface area contributed by atoms with E-state index >= 15 is 0 Å². The average Bonchev–Trinajstić information content (AvgIpc) is 3.08. The van der Waals surface area contributed by atoms with Crippen molar-refractivity contribution in [3.05, 3.63) is 23.2 Å². The zero-order valence-electron chi connectivity index (χ0n) is 15.2. The summed E-state index contributed by atoms with van der Waals surface area (Å²) >= 11 is 7.41. The molecule has 1 aromatic heterocycles. The average molecular weight is 395 g/mol. The number of hydrogen-bond donors (Lipinski definition) is 1. The van der Waals surface area contributed by atoms with Crippen molar-refractivity contribution < 1.29 is 9.53 Å². The number of amides is 1. The second-order valence-corrected chi connectivity index (χ2v) is 7.91. The Balaban J connectivity index is 1.67. The highest BCUT2D eigenvalue weighted by Crippen LogP contribution is 2.31. The largest absolute Gasteiger partial charge is 0.496 e. The van der Waals surface area contributed by atoms with E-state index in [2.05, 4.69) is 29.0 Å². The van der Waals surface area contributed by atoms with Gasteiger partial charge in [-0.25, -0.2) is 4.98 Å². The summed E-state index contributed by atoms with van der Waals surface area (Å²) in [6, 6.07) is 5.92. The van der Waals surface area contributed by atoms with Gasteiger partial charge in [0.1, 0.15) is 5.75 Å². The summed E-state index contributed by atoms with van der Waals surface area (Å²) in [4.78, 5) is 19.1. The highest BCUT2D eigenvalue weighted by Gasteiger charge is 2.28. The van der Waals surface area contributed by atoms with Crippen LogP contribution < -0.4 is 4.74 Å². The van der Waals surface area contributed by atoms with Crippen LogP contribution >= 0.6 is 23.4 Å². The van der Waals surface area contributed by atoms with Crippen LogP contribution in [0.3, 0.4) is 0 Å². The number of piperidine rings is 1. The van der Waals surface area contributed by atoms with Crippen molar-refractivity contribution in [2.45, 2.75) is 50.4 Å². The highest BCUT2D eigenvalue weighted by molar-refractivity contribution is 7.99. The van der Waals surface area contributed by atoms with Gasteiger partial charge in [-0.2, -0.15) is 0 Å². The number of aromatic amines is 1. The Morgan fingerprint density at radius 3 is 2.81 bits per heavy atom. The van der Waals surface area contributed by atoms with Crippen LogP contribution in [0.5, 0.6) is 5.75 Å². The summed E-state index contributed by atoms with van der Waals surface area (Å²) < 4.78 is 5.35. The fourth-order valence-corrected chi connectivity index (χ4v) is 4.25. The summed E-state index contributed by atoms with van der Waals surface area (Å²) in [6.07, 6.45) is 3.32. The summed E-state index contributed by atoms with van der Waals surface area (Å²) in [7, 11) is 1.60. The molecule has 2 atom stereocenters. The molecule has 26 heavy (non-hydrogen) atoms. The molecule has 0 radical (unpaired) electrons.